The Morgan fingerprint density at radius 2 is 1.96 bits per heavy atom. The summed E-state index contributed by atoms with van der Waals surface area (Å²) in [5.41, 5.74) is 0.645. The average Bonchev–Trinajstić information content (AvgIpc) is 2.88. The average molecular weight is 344 g/mol. The molecule has 0 saturated carbocycles. The first-order valence-corrected chi connectivity index (χ1v) is 8.91. The van der Waals surface area contributed by atoms with Crippen molar-refractivity contribution in [3.05, 3.63) is 29.8 Å². The van der Waals surface area contributed by atoms with Crippen molar-refractivity contribution in [2.45, 2.75) is 38.6 Å². The molecule has 2 bridgehead atoms. The third-order valence-electron chi connectivity index (χ3n) is 4.92. The Kier molecular flexibility index (Phi) is 5.36. The van der Waals surface area contributed by atoms with Crippen molar-refractivity contribution in [1.82, 2.24) is 10.2 Å². The lowest BCUT2D eigenvalue weighted by molar-refractivity contribution is -0.134. The first kappa shape index (κ1) is 17.5. The van der Waals surface area contributed by atoms with Crippen molar-refractivity contribution in [2.75, 3.05) is 19.7 Å². The number of carbonyl (C=O) groups is 3. The SMILES string of the molecule is CCC(=O)c1ccc(OCC(=O)N2C[C@@H]3CCC[C@H](C2)C(=O)N3)cc1. The highest BCUT2D eigenvalue weighted by atomic mass is 16.5. The summed E-state index contributed by atoms with van der Waals surface area (Å²) in [5, 5.41) is 3.02. The largest absolute Gasteiger partial charge is 0.484 e. The molecule has 0 unspecified atom stereocenters. The summed E-state index contributed by atoms with van der Waals surface area (Å²) < 4.78 is 5.57. The number of rotatable bonds is 5. The molecule has 2 heterocycles. The Bertz CT molecular complexity index is 656. The Hall–Kier alpha value is -2.37. The highest BCUT2D eigenvalue weighted by Gasteiger charge is 2.34. The van der Waals surface area contributed by atoms with Gasteiger partial charge in [-0.2, -0.15) is 0 Å². The Balaban J connectivity index is 1.57. The molecule has 0 aliphatic carbocycles. The van der Waals surface area contributed by atoms with Gasteiger partial charge in [-0.05, 0) is 37.1 Å². The predicted octanol–water partition coefficient (Wildman–Crippen LogP) is 1.79. The number of hydrogen-bond donors (Lipinski definition) is 1. The third-order valence-corrected chi connectivity index (χ3v) is 4.92. The van der Waals surface area contributed by atoms with Gasteiger partial charge in [0.05, 0.1) is 5.92 Å². The van der Waals surface area contributed by atoms with Crippen LogP contribution in [0.3, 0.4) is 0 Å². The Morgan fingerprint density at radius 1 is 1.20 bits per heavy atom. The molecule has 1 aromatic carbocycles. The van der Waals surface area contributed by atoms with Gasteiger partial charge in [-0.3, -0.25) is 14.4 Å². The summed E-state index contributed by atoms with van der Waals surface area (Å²) in [6.45, 7) is 2.78. The van der Waals surface area contributed by atoms with Gasteiger partial charge in [0.1, 0.15) is 5.75 Å². The first-order valence-electron chi connectivity index (χ1n) is 8.91. The maximum atomic E-state index is 12.5. The van der Waals surface area contributed by atoms with Crippen molar-refractivity contribution in [3.63, 3.8) is 0 Å². The molecule has 2 aliphatic heterocycles. The molecule has 25 heavy (non-hydrogen) atoms. The van der Waals surface area contributed by atoms with Gasteiger partial charge in [0.2, 0.25) is 5.91 Å². The van der Waals surface area contributed by atoms with Crippen molar-refractivity contribution in [3.8, 4) is 5.75 Å². The minimum absolute atomic E-state index is 0.0447. The van der Waals surface area contributed by atoms with Gasteiger partial charge in [-0.1, -0.05) is 13.3 Å². The van der Waals surface area contributed by atoms with Crippen LogP contribution in [0.15, 0.2) is 24.3 Å². The number of fused-ring (bicyclic) bond motifs is 3. The minimum atomic E-state index is -0.115. The van der Waals surface area contributed by atoms with E-state index in [1.807, 2.05) is 6.92 Å². The lowest BCUT2D eigenvalue weighted by Gasteiger charge is -2.27. The van der Waals surface area contributed by atoms with Gasteiger partial charge in [0.15, 0.2) is 12.4 Å². The fraction of sp³-hybridized carbons (Fsp3) is 0.526. The van der Waals surface area contributed by atoms with Gasteiger partial charge in [-0.25, -0.2) is 0 Å². The molecule has 2 fully saturated rings. The van der Waals surface area contributed by atoms with E-state index in [0.29, 0.717) is 30.8 Å². The zero-order valence-corrected chi connectivity index (χ0v) is 14.5. The molecule has 3 rings (SSSR count). The van der Waals surface area contributed by atoms with E-state index in [1.165, 1.54) is 0 Å². The second-order valence-electron chi connectivity index (χ2n) is 6.72. The van der Waals surface area contributed by atoms with Crippen molar-refractivity contribution in [1.29, 1.82) is 0 Å². The Morgan fingerprint density at radius 3 is 2.68 bits per heavy atom. The maximum Gasteiger partial charge on any atom is 0.260 e. The van der Waals surface area contributed by atoms with Gasteiger partial charge in [0.25, 0.3) is 5.91 Å². The first-order chi connectivity index (χ1) is 12.1. The van der Waals surface area contributed by atoms with Crippen LogP contribution in [0.5, 0.6) is 5.75 Å². The lowest BCUT2D eigenvalue weighted by Crippen LogP contribution is -2.43. The van der Waals surface area contributed by atoms with Crippen LogP contribution in [0, 0.1) is 5.92 Å². The fourth-order valence-electron chi connectivity index (χ4n) is 3.43. The summed E-state index contributed by atoms with van der Waals surface area (Å²) in [7, 11) is 0. The van der Waals surface area contributed by atoms with Gasteiger partial charge >= 0.3 is 0 Å². The zero-order valence-electron chi connectivity index (χ0n) is 14.5. The molecule has 2 atom stereocenters. The molecule has 0 spiro atoms. The topological polar surface area (TPSA) is 75.7 Å². The van der Waals surface area contributed by atoms with E-state index in [-0.39, 0.29) is 36.2 Å². The van der Waals surface area contributed by atoms with Crippen molar-refractivity contribution in [2.24, 2.45) is 5.92 Å². The summed E-state index contributed by atoms with van der Waals surface area (Å²) in [5.74, 6) is 0.480. The Labute approximate surface area is 147 Å². The number of benzene rings is 1. The molecule has 134 valence electrons. The van der Waals surface area contributed by atoms with E-state index in [1.54, 1.807) is 29.2 Å². The lowest BCUT2D eigenvalue weighted by atomic mass is 9.99. The molecule has 2 aliphatic rings. The van der Waals surface area contributed by atoms with Crippen LogP contribution in [0.2, 0.25) is 0 Å². The predicted molar refractivity (Wildman–Crippen MR) is 92.4 cm³/mol. The number of carbonyl (C=O) groups excluding carboxylic acids is 3. The van der Waals surface area contributed by atoms with Gasteiger partial charge in [0, 0.05) is 31.1 Å². The van der Waals surface area contributed by atoms with E-state index in [2.05, 4.69) is 5.32 Å². The minimum Gasteiger partial charge on any atom is -0.484 e. The second kappa shape index (κ2) is 7.68. The molecular formula is C19H24N2O4. The number of hydrogen-bond acceptors (Lipinski definition) is 4. The van der Waals surface area contributed by atoms with E-state index >= 15 is 0 Å². The summed E-state index contributed by atoms with van der Waals surface area (Å²) in [4.78, 5) is 37.9. The van der Waals surface area contributed by atoms with Crippen LogP contribution >= 0.6 is 0 Å². The summed E-state index contributed by atoms with van der Waals surface area (Å²) in [6.07, 6.45) is 3.23. The number of nitrogens with one attached hydrogen (secondary N) is 1. The normalized spacial score (nSPS) is 22.8. The number of likely N-dealkylation sites (tertiary alicyclic amines) is 1. The fourth-order valence-corrected chi connectivity index (χ4v) is 3.43. The van der Waals surface area contributed by atoms with Crippen LogP contribution in [0.1, 0.15) is 43.0 Å². The number of ether oxygens (including phenoxy) is 1. The van der Waals surface area contributed by atoms with Crippen LogP contribution in [-0.4, -0.2) is 48.2 Å². The molecule has 2 saturated heterocycles. The summed E-state index contributed by atoms with van der Waals surface area (Å²) >= 11 is 0. The van der Waals surface area contributed by atoms with Crippen molar-refractivity contribution >= 4 is 17.6 Å². The molecule has 6 heteroatoms. The monoisotopic (exact) mass is 344 g/mol. The number of ketones is 1. The smallest absolute Gasteiger partial charge is 0.260 e. The van der Waals surface area contributed by atoms with Crippen molar-refractivity contribution < 1.29 is 19.1 Å². The van der Waals surface area contributed by atoms with Crippen LogP contribution in [-0.2, 0) is 9.59 Å². The maximum absolute atomic E-state index is 12.5. The third kappa shape index (κ3) is 4.18. The van der Waals surface area contributed by atoms with Gasteiger partial charge in [-0.15, -0.1) is 0 Å². The number of Topliss-reactive ketones (excluding diaryl/α,β-unsaturated/α-hetero) is 1. The standard InChI is InChI=1S/C19H24N2O4/c1-2-17(22)13-6-8-16(9-7-13)25-12-18(23)21-10-14-4-3-5-15(11-21)20-19(14)24/h6-9,14-15H,2-5,10-12H2,1H3,(H,20,24)/t14-,15+/m1/s1. The van der Waals surface area contributed by atoms with Crippen LogP contribution in [0.25, 0.3) is 0 Å². The molecule has 1 aromatic rings. The van der Waals surface area contributed by atoms with Crippen LogP contribution < -0.4 is 10.1 Å². The molecule has 6 nitrogen and oxygen atoms in total. The molecule has 1 N–H and O–H groups in total. The zero-order chi connectivity index (χ0) is 17.8. The molecular weight excluding hydrogens is 320 g/mol. The molecule has 0 aromatic heterocycles. The van der Waals surface area contributed by atoms with E-state index in [0.717, 1.165) is 19.3 Å². The van der Waals surface area contributed by atoms with E-state index < -0.39 is 0 Å². The van der Waals surface area contributed by atoms with Gasteiger partial charge < -0.3 is 15.0 Å². The van der Waals surface area contributed by atoms with Crippen LogP contribution in [0.4, 0.5) is 0 Å². The highest BCUT2D eigenvalue weighted by Crippen LogP contribution is 2.22. The molecule has 0 radical (unpaired) electrons. The highest BCUT2D eigenvalue weighted by molar-refractivity contribution is 5.95. The molecule has 2 amide bonds. The quantitative estimate of drug-likeness (QED) is 0.826. The summed E-state index contributed by atoms with van der Waals surface area (Å²) in [6, 6.07) is 6.88. The second-order valence-corrected chi connectivity index (χ2v) is 6.72. The number of nitrogens with zero attached hydrogens (tertiary/aromatic N) is 1. The van der Waals surface area contributed by atoms with E-state index in [4.69, 9.17) is 4.74 Å². The number of amides is 2. The van der Waals surface area contributed by atoms with E-state index in [9.17, 15) is 14.4 Å².